The van der Waals surface area contributed by atoms with Gasteiger partial charge in [-0.1, -0.05) is 0 Å². The summed E-state index contributed by atoms with van der Waals surface area (Å²) in [6.07, 6.45) is 2.31. The molecule has 9 heteroatoms. The lowest BCUT2D eigenvalue weighted by Crippen LogP contribution is -2.41. The van der Waals surface area contributed by atoms with Crippen LogP contribution in [0.5, 0.6) is 0 Å². The maximum Gasteiger partial charge on any atom is 0.287 e. The average Bonchev–Trinajstić information content (AvgIpc) is 3.22. The lowest BCUT2D eigenvalue weighted by Gasteiger charge is -2.11. The van der Waals surface area contributed by atoms with Gasteiger partial charge in [-0.05, 0) is 32.9 Å². The number of nitrogens with one attached hydrogen (secondary N) is 3. The Kier molecular flexibility index (Phi) is 10.3. The Hall–Kier alpha value is -1.62. The summed E-state index contributed by atoms with van der Waals surface area (Å²) in [5, 5.41) is 10.3. The Balaban J connectivity index is 0.00000338. The van der Waals surface area contributed by atoms with Gasteiger partial charge in [0.1, 0.15) is 0 Å². The summed E-state index contributed by atoms with van der Waals surface area (Å²) in [6.45, 7) is 8.64. The maximum atomic E-state index is 11.8. The molecule has 0 radical (unpaired) electrons. The molecule has 0 spiro atoms. The zero-order valence-corrected chi connectivity index (χ0v) is 18.4. The van der Waals surface area contributed by atoms with Crippen molar-refractivity contribution in [3.8, 4) is 0 Å². The Labute approximate surface area is 175 Å². The molecular formula is C17H26IN5O2S. The molecule has 0 saturated heterocycles. The van der Waals surface area contributed by atoms with Crippen molar-refractivity contribution in [2.45, 2.75) is 27.2 Å². The summed E-state index contributed by atoms with van der Waals surface area (Å²) in [5.74, 6) is 0.831. The van der Waals surface area contributed by atoms with Crippen LogP contribution >= 0.6 is 35.3 Å². The number of nitrogens with zero attached hydrogens (tertiary/aromatic N) is 2. The maximum absolute atomic E-state index is 11.8. The third-order valence-corrected chi connectivity index (χ3v) is 4.59. The van der Waals surface area contributed by atoms with Crippen LogP contribution in [0.3, 0.4) is 0 Å². The highest BCUT2D eigenvalue weighted by molar-refractivity contribution is 14.0. The first-order chi connectivity index (χ1) is 12.1. The molecule has 0 saturated carbocycles. The smallest absolute Gasteiger partial charge is 0.287 e. The monoisotopic (exact) mass is 491 g/mol. The Morgan fingerprint density at radius 3 is 2.65 bits per heavy atom. The highest BCUT2D eigenvalue weighted by Crippen LogP contribution is 2.16. The number of aryl methyl sites for hydroxylation is 2. The van der Waals surface area contributed by atoms with Gasteiger partial charge in [0.25, 0.3) is 5.91 Å². The number of aromatic nitrogens is 1. The molecule has 0 unspecified atom stereocenters. The van der Waals surface area contributed by atoms with Gasteiger partial charge >= 0.3 is 0 Å². The van der Waals surface area contributed by atoms with Crippen molar-refractivity contribution in [2.75, 3.05) is 26.2 Å². The number of carbonyl (C=O) groups is 1. The fraction of sp³-hybridized carbons (Fsp3) is 0.471. The molecule has 0 bridgehead atoms. The summed E-state index contributed by atoms with van der Waals surface area (Å²) in [5.41, 5.74) is 1.10. The SMILES string of the molecule is CCNC(=NCCc1nc(C)c(C)s1)NCCNC(=O)c1ccco1.I. The fourth-order valence-corrected chi connectivity index (χ4v) is 3.03. The lowest BCUT2D eigenvalue weighted by molar-refractivity contribution is 0.0926. The summed E-state index contributed by atoms with van der Waals surface area (Å²) in [7, 11) is 0. The topological polar surface area (TPSA) is 91.5 Å². The summed E-state index contributed by atoms with van der Waals surface area (Å²) >= 11 is 1.73. The molecule has 0 atom stereocenters. The minimum absolute atomic E-state index is 0. The first-order valence-corrected chi connectivity index (χ1v) is 9.18. The van der Waals surface area contributed by atoms with Crippen molar-refractivity contribution >= 4 is 47.2 Å². The van der Waals surface area contributed by atoms with Crippen LogP contribution in [0, 0.1) is 13.8 Å². The van der Waals surface area contributed by atoms with E-state index in [0.29, 0.717) is 25.4 Å². The second-order valence-electron chi connectivity index (χ2n) is 5.42. The molecule has 7 nitrogen and oxygen atoms in total. The molecule has 0 fully saturated rings. The second kappa shape index (κ2) is 11.9. The minimum atomic E-state index is -0.219. The summed E-state index contributed by atoms with van der Waals surface area (Å²) in [6, 6.07) is 3.32. The molecular weight excluding hydrogens is 465 g/mol. The van der Waals surface area contributed by atoms with Crippen LogP contribution in [-0.4, -0.2) is 43.0 Å². The summed E-state index contributed by atoms with van der Waals surface area (Å²) < 4.78 is 5.04. The van der Waals surface area contributed by atoms with E-state index in [1.807, 2.05) is 13.8 Å². The van der Waals surface area contributed by atoms with E-state index in [0.717, 1.165) is 29.6 Å². The number of amides is 1. The molecule has 0 aliphatic carbocycles. The first kappa shape index (κ1) is 22.4. The van der Waals surface area contributed by atoms with E-state index in [9.17, 15) is 4.79 Å². The number of aliphatic imine (C=N–C) groups is 1. The van der Waals surface area contributed by atoms with Crippen LogP contribution in [0.25, 0.3) is 0 Å². The van der Waals surface area contributed by atoms with Gasteiger partial charge in [0.15, 0.2) is 11.7 Å². The van der Waals surface area contributed by atoms with Gasteiger partial charge in [-0.15, -0.1) is 35.3 Å². The van der Waals surface area contributed by atoms with Gasteiger partial charge in [0.2, 0.25) is 0 Å². The van der Waals surface area contributed by atoms with Crippen LogP contribution < -0.4 is 16.0 Å². The normalized spacial score (nSPS) is 11.0. The van der Waals surface area contributed by atoms with Gasteiger partial charge in [-0.2, -0.15) is 0 Å². The molecule has 2 heterocycles. The Morgan fingerprint density at radius 2 is 2.04 bits per heavy atom. The lowest BCUT2D eigenvalue weighted by atomic mass is 10.4. The van der Waals surface area contributed by atoms with Crippen LogP contribution in [-0.2, 0) is 6.42 Å². The highest BCUT2D eigenvalue weighted by Gasteiger charge is 2.07. The number of halogens is 1. The predicted octanol–water partition coefficient (Wildman–Crippen LogP) is 2.50. The molecule has 26 heavy (non-hydrogen) atoms. The quantitative estimate of drug-likeness (QED) is 0.229. The molecule has 2 aromatic heterocycles. The molecule has 2 rings (SSSR count). The van der Waals surface area contributed by atoms with E-state index in [1.54, 1.807) is 23.5 Å². The molecule has 0 aromatic carbocycles. The van der Waals surface area contributed by atoms with E-state index in [4.69, 9.17) is 4.42 Å². The van der Waals surface area contributed by atoms with Gasteiger partial charge in [-0.25, -0.2) is 4.98 Å². The van der Waals surface area contributed by atoms with Crippen LogP contribution in [0.15, 0.2) is 27.8 Å². The van der Waals surface area contributed by atoms with Crippen molar-refractivity contribution in [1.29, 1.82) is 0 Å². The van der Waals surface area contributed by atoms with Crippen LogP contribution in [0.1, 0.15) is 33.1 Å². The molecule has 3 N–H and O–H groups in total. The van der Waals surface area contributed by atoms with E-state index in [2.05, 4.69) is 32.9 Å². The number of hydrogen-bond donors (Lipinski definition) is 3. The van der Waals surface area contributed by atoms with Gasteiger partial charge < -0.3 is 20.4 Å². The van der Waals surface area contributed by atoms with Crippen LogP contribution in [0.2, 0.25) is 0 Å². The molecule has 0 aliphatic rings. The minimum Gasteiger partial charge on any atom is -0.459 e. The van der Waals surface area contributed by atoms with Crippen molar-refractivity contribution in [3.05, 3.63) is 39.7 Å². The Morgan fingerprint density at radius 1 is 1.27 bits per heavy atom. The molecule has 1 amide bonds. The first-order valence-electron chi connectivity index (χ1n) is 8.37. The van der Waals surface area contributed by atoms with E-state index >= 15 is 0 Å². The van der Waals surface area contributed by atoms with Crippen molar-refractivity contribution in [3.63, 3.8) is 0 Å². The molecule has 0 aliphatic heterocycles. The predicted molar refractivity (Wildman–Crippen MR) is 116 cm³/mol. The Bertz CT molecular complexity index is 681. The number of thiazole rings is 1. The van der Waals surface area contributed by atoms with Gasteiger partial charge in [-0.3, -0.25) is 9.79 Å². The third-order valence-electron chi connectivity index (χ3n) is 3.46. The van der Waals surface area contributed by atoms with E-state index in [-0.39, 0.29) is 29.9 Å². The average molecular weight is 491 g/mol. The summed E-state index contributed by atoms with van der Waals surface area (Å²) in [4.78, 5) is 22.1. The molecule has 144 valence electrons. The van der Waals surface area contributed by atoms with Gasteiger partial charge in [0.05, 0.1) is 17.0 Å². The number of carbonyl (C=O) groups excluding carboxylic acids is 1. The second-order valence-corrected chi connectivity index (χ2v) is 6.71. The van der Waals surface area contributed by atoms with Crippen molar-refractivity contribution < 1.29 is 9.21 Å². The van der Waals surface area contributed by atoms with Crippen molar-refractivity contribution in [1.82, 2.24) is 20.9 Å². The highest BCUT2D eigenvalue weighted by atomic mass is 127. The van der Waals surface area contributed by atoms with Crippen molar-refractivity contribution in [2.24, 2.45) is 4.99 Å². The van der Waals surface area contributed by atoms with E-state index in [1.165, 1.54) is 11.1 Å². The molecule has 2 aromatic rings. The number of guanidine groups is 1. The fourth-order valence-electron chi connectivity index (χ4n) is 2.10. The van der Waals surface area contributed by atoms with E-state index < -0.39 is 0 Å². The standard InChI is InChI=1S/C17H25N5O2S.HI/c1-4-18-17(20-8-7-15-22-12(2)13(3)25-15)21-10-9-19-16(23)14-6-5-11-24-14;/h5-6,11H,4,7-10H2,1-3H3,(H,19,23)(H2,18,20,21);1H. The number of hydrogen-bond acceptors (Lipinski definition) is 5. The zero-order valence-electron chi connectivity index (χ0n) is 15.3. The largest absolute Gasteiger partial charge is 0.459 e. The number of furan rings is 1. The zero-order chi connectivity index (χ0) is 18.1. The third kappa shape index (κ3) is 7.32. The number of rotatable bonds is 8. The van der Waals surface area contributed by atoms with Crippen LogP contribution in [0.4, 0.5) is 0 Å². The van der Waals surface area contributed by atoms with Gasteiger partial charge in [0, 0.05) is 37.5 Å².